The molecule has 30 heteroatoms. The maximum atomic E-state index is 13.0. The summed E-state index contributed by atoms with van der Waals surface area (Å²) in [5.41, 5.74) is 10.2. The number of anilines is 2. The Morgan fingerprint density at radius 1 is 0.987 bits per heavy atom. The fourth-order valence-corrected chi connectivity index (χ4v) is 15.1. The van der Waals surface area contributed by atoms with Crippen molar-refractivity contribution < 1.29 is 87.3 Å². The second-order valence-corrected chi connectivity index (χ2v) is 28.0. The Bertz CT molecular complexity index is 3600. The van der Waals surface area contributed by atoms with Crippen molar-refractivity contribution in [3.63, 3.8) is 0 Å². The van der Waals surface area contributed by atoms with E-state index in [1.54, 1.807) is 12.1 Å². The average Bonchev–Trinajstić information content (AvgIpc) is 4.05. The van der Waals surface area contributed by atoms with Crippen molar-refractivity contribution in [3.8, 4) is 11.8 Å². The number of nitrogens with two attached hydrogens (primary N) is 1. The summed E-state index contributed by atoms with van der Waals surface area (Å²) >= 11 is 0. The highest BCUT2D eigenvalue weighted by Crippen LogP contribution is 2.65. The first-order valence-corrected chi connectivity index (χ1v) is 32.1. The molecule has 0 bridgehead atoms. The molecule has 422 valence electrons. The third-order valence-corrected chi connectivity index (χ3v) is 20.3. The Balaban J connectivity index is 0.966. The minimum absolute atomic E-state index is 0.0468. The number of hydrogen-bond acceptors (Lipinski definition) is 17. The number of likely N-dealkylation sites (N-methyl/N-ethyl adjacent to an activating group) is 1. The number of phosphoric ester groups is 1. The highest BCUT2D eigenvalue weighted by atomic mass is 32.2. The summed E-state index contributed by atoms with van der Waals surface area (Å²) in [6.07, 6.45) is 10.5. The van der Waals surface area contributed by atoms with Crippen LogP contribution in [0.1, 0.15) is 89.6 Å². The van der Waals surface area contributed by atoms with Crippen LogP contribution in [0, 0.1) is 11.8 Å². The molecule has 5 heterocycles. The molecular formula is C48H60N7O18P3S2. The van der Waals surface area contributed by atoms with Gasteiger partial charge in [-0.3, -0.25) is 23.0 Å². The van der Waals surface area contributed by atoms with E-state index < -0.39 is 85.0 Å². The van der Waals surface area contributed by atoms with Gasteiger partial charge in [0, 0.05) is 66.5 Å². The van der Waals surface area contributed by atoms with Crippen LogP contribution >= 0.6 is 23.0 Å². The number of aliphatic hydroxyl groups is 1. The highest BCUT2D eigenvalue weighted by molar-refractivity contribution is 7.86. The van der Waals surface area contributed by atoms with Gasteiger partial charge in [0.05, 0.1) is 45.4 Å². The molecule has 7 rings (SSSR count). The number of aliphatic hydroxyl groups excluding tert-OH is 1. The topological polar surface area (TPSA) is 384 Å². The molecule has 2 unspecified atom stereocenters. The zero-order valence-electron chi connectivity index (χ0n) is 42.9. The molecule has 25 nitrogen and oxygen atoms in total. The normalized spacial score (nSPS) is 21.3. The van der Waals surface area contributed by atoms with E-state index >= 15 is 0 Å². The van der Waals surface area contributed by atoms with E-state index in [2.05, 4.69) is 40.9 Å². The molecule has 2 aromatic heterocycles. The zero-order chi connectivity index (χ0) is 57.4. The number of nitrogen functional groups attached to an aromatic ring is 1. The van der Waals surface area contributed by atoms with E-state index in [1.807, 2.05) is 65.0 Å². The Morgan fingerprint density at radius 2 is 1.69 bits per heavy atom. The van der Waals surface area contributed by atoms with E-state index in [4.69, 9.17) is 24.8 Å². The van der Waals surface area contributed by atoms with Crippen LogP contribution in [0.3, 0.4) is 0 Å². The summed E-state index contributed by atoms with van der Waals surface area (Å²) in [6.45, 7) is 10.0. The summed E-state index contributed by atoms with van der Waals surface area (Å²) < 4.78 is 124. The van der Waals surface area contributed by atoms with Gasteiger partial charge in [-0.25, -0.2) is 27.3 Å². The summed E-state index contributed by atoms with van der Waals surface area (Å²) in [5, 5.41) is 13.8. The number of allylic oxidation sites excluding steroid dienone is 6. The second-order valence-electron chi connectivity index (χ2n) is 19.6. The van der Waals surface area contributed by atoms with Crippen LogP contribution in [0.5, 0.6) is 0 Å². The third-order valence-electron chi connectivity index (χ3n) is 13.4. The Hall–Kier alpha value is -5.23. The number of rotatable bonds is 21. The maximum Gasteiger partial charge on any atom is 0.479 e. The van der Waals surface area contributed by atoms with Crippen LogP contribution in [0.15, 0.2) is 94.8 Å². The molecule has 78 heavy (non-hydrogen) atoms. The quantitative estimate of drug-likeness (QED) is 0.0133. The lowest BCUT2D eigenvalue weighted by molar-refractivity contribution is -0.438. The van der Waals surface area contributed by atoms with Crippen LogP contribution < -0.4 is 16.0 Å². The SMILES string of the molecule is CCN1/C(=C/C=C/C=C/C2=[N+](CCCCCC(=O)NCC#Cc3cn([C@H]4C[C@H](O)[C@@H](COP(=O)(O)OP(=O)(O)CP(=O)(O)O)O4)c4ncnc(N)c34)c3ccc(S(=O)(=O)O)cc3C2(C)C)C(C)(C)c2cc(S(=O)(=O)[O-])ccc21. The molecule has 0 radical (unpaired) electrons. The molecule has 0 saturated carbocycles. The van der Waals surface area contributed by atoms with Crippen molar-refractivity contribution in [2.45, 2.75) is 106 Å². The van der Waals surface area contributed by atoms with Crippen molar-refractivity contribution in [1.29, 1.82) is 0 Å². The number of carbonyl (C=O) groups excluding carboxylic acids is 1. The highest BCUT2D eigenvalue weighted by Gasteiger charge is 2.46. The van der Waals surface area contributed by atoms with Gasteiger partial charge in [0.25, 0.3) is 10.1 Å². The number of hydrogen-bond donors (Lipinski definition) is 8. The first kappa shape index (κ1) is 60.4. The van der Waals surface area contributed by atoms with Crippen LogP contribution in [0.25, 0.3) is 11.0 Å². The van der Waals surface area contributed by atoms with Gasteiger partial charge in [-0.05, 0) is 75.6 Å². The van der Waals surface area contributed by atoms with Gasteiger partial charge >= 0.3 is 23.0 Å². The lowest BCUT2D eigenvalue weighted by atomic mass is 9.81. The van der Waals surface area contributed by atoms with Crippen LogP contribution in [0.2, 0.25) is 0 Å². The summed E-state index contributed by atoms with van der Waals surface area (Å²) in [6, 6.07) is 8.91. The van der Waals surface area contributed by atoms with Gasteiger partial charge in [0.2, 0.25) is 11.6 Å². The first-order valence-electron chi connectivity index (χ1n) is 24.2. The number of carbonyl (C=O) groups is 1. The number of benzene rings is 2. The number of aromatic nitrogens is 3. The second kappa shape index (κ2) is 23.1. The molecule has 1 amide bonds. The summed E-state index contributed by atoms with van der Waals surface area (Å²) in [4.78, 5) is 60.3. The molecule has 3 aliphatic rings. The fourth-order valence-electron chi connectivity index (χ4n) is 9.74. The van der Waals surface area contributed by atoms with Crippen LogP contribution in [0.4, 0.5) is 17.2 Å². The smallest absolute Gasteiger partial charge is 0.479 e. The van der Waals surface area contributed by atoms with Gasteiger partial charge in [0.15, 0.2) is 11.6 Å². The standard InChI is InChI=1S/C48H60N7O18P3S2/c1-6-53-36-20-18-32(77(65,66)67)24-34(36)47(2,3)40(53)15-9-7-10-16-41-48(4,5)35-25-33(78(68,69)70)19-21-37(35)54(41)23-12-8-11-17-42(57)50-22-13-14-31-27-55(46-44(31)45(49)51-29-52-46)43-26-38(56)39(72-43)28-71-76(63,64)73-75(61,62)30-74(58,59)60/h7,9-10,15-16,18-21,24-25,27,29,38-39,43,56H,6,8,11-12,17,22-23,26,28,30H2,1-5H3,(H8-,49,50,51,52,57,58,59,60,61,62,63,64,65,66,67,68,69,70)/t38-,39+,43+/m0/s1. The molecule has 1 saturated heterocycles. The third kappa shape index (κ3) is 13.8. The number of fused-ring (bicyclic) bond motifs is 3. The number of nitrogens with zero attached hydrogens (tertiary/aromatic N) is 5. The molecule has 1 fully saturated rings. The predicted molar refractivity (Wildman–Crippen MR) is 284 cm³/mol. The van der Waals surface area contributed by atoms with Gasteiger partial charge < -0.3 is 54.5 Å². The van der Waals surface area contributed by atoms with E-state index in [0.717, 1.165) is 28.3 Å². The van der Waals surface area contributed by atoms with E-state index in [-0.39, 0.29) is 46.5 Å². The Morgan fingerprint density at radius 3 is 2.37 bits per heavy atom. The largest absolute Gasteiger partial charge is 0.744 e. The van der Waals surface area contributed by atoms with Crippen molar-refractivity contribution in [3.05, 3.63) is 102 Å². The zero-order valence-corrected chi connectivity index (χ0v) is 47.2. The molecule has 0 aliphatic carbocycles. The monoisotopic (exact) mass is 1180 g/mol. The van der Waals surface area contributed by atoms with E-state index in [0.29, 0.717) is 48.9 Å². The molecule has 5 atom stereocenters. The number of nitrogens with one attached hydrogen (secondary N) is 1. The first-order chi connectivity index (χ1) is 36.2. The number of ether oxygens (including phenoxy) is 1. The molecular weight excluding hydrogens is 1120 g/mol. The number of unbranched alkanes of at least 4 members (excludes halogenated alkanes) is 2. The molecule has 4 aromatic rings. The van der Waals surface area contributed by atoms with Gasteiger partial charge in [0.1, 0.15) is 46.8 Å². The Labute approximate surface area is 450 Å². The number of phosphoric acid groups is 1. The predicted octanol–water partition coefficient (Wildman–Crippen LogP) is 5.19. The van der Waals surface area contributed by atoms with Gasteiger partial charge in [-0.1, -0.05) is 43.9 Å². The van der Waals surface area contributed by atoms with Gasteiger partial charge in [-0.15, -0.1) is 0 Å². The van der Waals surface area contributed by atoms with Crippen molar-refractivity contribution >= 4 is 83.1 Å². The average molecular weight is 1180 g/mol. The summed E-state index contributed by atoms with van der Waals surface area (Å²) in [5.74, 6) is 3.90. The maximum absolute atomic E-state index is 13.0. The lowest BCUT2D eigenvalue weighted by Gasteiger charge is -2.25. The van der Waals surface area contributed by atoms with E-state index in [1.165, 1.54) is 41.4 Å². The molecule has 3 aliphatic heterocycles. The Kier molecular flexibility index (Phi) is 17.9. The van der Waals surface area contributed by atoms with Crippen molar-refractivity contribution in [2.75, 3.05) is 42.8 Å². The summed E-state index contributed by atoms with van der Waals surface area (Å²) in [7, 11) is -24.9. The molecule has 2 aromatic carbocycles. The van der Waals surface area contributed by atoms with Crippen molar-refractivity contribution in [2.24, 2.45) is 0 Å². The minimum Gasteiger partial charge on any atom is -0.744 e. The van der Waals surface area contributed by atoms with Gasteiger partial charge in [-0.2, -0.15) is 13.0 Å². The molecule has 9 N–H and O–H groups in total. The van der Waals surface area contributed by atoms with E-state index in [9.17, 15) is 59.3 Å². The number of amides is 1. The lowest BCUT2D eigenvalue weighted by Crippen LogP contribution is -2.28. The van der Waals surface area contributed by atoms with Crippen LogP contribution in [-0.4, -0.2) is 126 Å². The minimum atomic E-state index is -5.37. The van der Waals surface area contributed by atoms with Crippen LogP contribution in [-0.2, 0) is 63.1 Å². The molecule has 0 spiro atoms. The fraction of sp³-hybridized carbons (Fsp3) is 0.417. The van der Waals surface area contributed by atoms with Crippen molar-refractivity contribution in [1.82, 2.24) is 19.9 Å².